The number of rotatable bonds is 3. The summed E-state index contributed by atoms with van der Waals surface area (Å²) in [5.74, 6) is 4.87. The topological polar surface area (TPSA) is 26.3 Å². The van der Waals surface area contributed by atoms with Crippen LogP contribution in [0.2, 0.25) is 0 Å². The Hall–Kier alpha value is -2.58. The molecule has 0 aliphatic carbocycles. The van der Waals surface area contributed by atoms with E-state index in [1.54, 1.807) is 0 Å². The van der Waals surface area contributed by atoms with Crippen LogP contribution in [0.25, 0.3) is 0 Å². The standard InChI is InChI=1S/C22H15IO2/c23-20-14-8-7-13-19(20)22(18-11-5-2-6-12-18)25-21(24)16-15-17-9-3-1-4-10-17/h1-14,22H. The average molecular weight is 438 g/mol. The summed E-state index contributed by atoms with van der Waals surface area (Å²) in [5, 5.41) is 0. The van der Waals surface area contributed by atoms with Gasteiger partial charge in [-0.2, -0.15) is 0 Å². The maximum absolute atomic E-state index is 12.3. The zero-order valence-electron chi connectivity index (χ0n) is 13.4. The Morgan fingerprint density at radius 1 is 0.840 bits per heavy atom. The quantitative estimate of drug-likeness (QED) is 0.328. The van der Waals surface area contributed by atoms with E-state index < -0.39 is 12.1 Å². The Labute approximate surface area is 161 Å². The Kier molecular flexibility index (Phi) is 5.86. The molecule has 1 unspecified atom stereocenters. The molecule has 0 fully saturated rings. The van der Waals surface area contributed by atoms with Crippen LogP contribution in [0, 0.1) is 15.4 Å². The molecular weight excluding hydrogens is 423 g/mol. The summed E-state index contributed by atoms with van der Waals surface area (Å²) in [4.78, 5) is 12.3. The summed E-state index contributed by atoms with van der Waals surface area (Å²) in [7, 11) is 0. The molecule has 122 valence electrons. The van der Waals surface area contributed by atoms with Crippen molar-refractivity contribution in [2.24, 2.45) is 0 Å². The van der Waals surface area contributed by atoms with Crippen molar-refractivity contribution in [1.29, 1.82) is 0 Å². The number of hydrogen-bond acceptors (Lipinski definition) is 2. The lowest BCUT2D eigenvalue weighted by Crippen LogP contribution is -2.12. The highest BCUT2D eigenvalue weighted by Gasteiger charge is 2.20. The van der Waals surface area contributed by atoms with Crippen LogP contribution >= 0.6 is 22.6 Å². The van der Waals surface area contributed by atoms with Gasteiger partial charge < -0.3 is 4.74 Å². The minimum atomic E-state index is -0.544. The Bertz CT molecular complexity index is 909. The molecule has 25 heavy (non-hydrogen) atoms. The van der Waals surface area contributed by atoms with Crippen molar-refractivity contribution in [2.45, 2.75) is 6.10 Å². The summed E-state index contributed by atoms with van der Waals surface area (Å²) in [6.07, 6.45) is -0.480. The number of hydrogen-bond donors (Lipinski definition) is 0. The first-order valence-corrected chi connectivity index (χ1v) is 8.89. The molecule has 3 heteroatoms. The maximum Gasteiger partial charge on any atom is 0.385 e. The molecular formula is C22H15IO2. The van der Waals surface area contributed by atoms with Gasteiger partial charge in [0.15, 0.2) is 6.10 Å². The van der Waals surface area contributed by atoms with Crippen molar-refractivity contribution >= 4 is 28.6 Å². The number of esters is 1. The average Bonchev–Trinajstić information content (AvgIpc) is 2.67. The van der Waals surface area contributed by atoms with Gasteiger partial charge in [-0.05, 0) is 46.4 Å². The van der Waals surface area contributed by atoms with E-state index in [0.29, 0.717) is 0 Å². The predicted octanol–water partition coefficient (Wildman–Crippen LogP) is 4.98. The summed E-state index contributed by atoms with van der Waals surface area (Å²) in [6, 6.07) is 27.0. The number of benzene rings is 3. The molecule has 1 atom stereocenters. The van der Waals surface area contributed by atoms with E-state index in [1.165, 1.54) is 0 Å². The van der Waals surface area contributed by atoms with Crippen LogP contribution in [-0.2, 0) is 9.53 Å². The molecule has 0 N–H and O–H groups in total. The smallest absolute Gasteiger partial charge is 0.385 e. The highest BCUT2D eigenvalue weighted by atomic mass is 127. The lowest BCUT2D eigenvalue weighted by molar-refractivity contribution is -0.140. The molecule has 0 bridgehead atoms. The fourth-order valence-electron chi connectivity index (χ4n) is 2.41. The fourth-order valence-corrected chi connectivity index (χ4v) is 3.08. The molecule has 0 aliphatic rings. The van der Waals surface area contributed by atoms with Gasteiger partial charge in [-0.15, -0.1) is 0 Å². The molecule has 0 aromatic heterocycles. The SMILES string of the molecule is O=C(C#Cc1ccccc1)OC(c1ccccc1)c1ccccc1I. The van der Waals surface area contributed by atoms with Gasteiger partial charge in [-0.1, -0.05) is 72.7 Å². The van der Waals surface area contributed by atoms with E-state index in [-0.39, 0.29) is 0 Å². The lowest BCUT2D eigenvalue weighted by atomic mass is 10.0. The summed E-state index contributed by atoms with van der Waals surface area (Å²) >= 11 is 2.25. The van der Waals surface area contributed by atoms with Gasteiger partial charge in [0.05, 0.1) is 0 Å². The van der Waals surface area contributed by atoms with Gasteiger partial charge >= 0.3 is 5.97 Å². The van der Waals surface area contributed by atoms with E-state index in [2.05, 4.69) is 34.4 Å². The predicted molar refractivity (Wildman–Crippen MR) is 107 cm³/mol. The lowest BCUT2D eigenvalue weighted by Gasteiger charge is -2.18. The largest absolute Gasteiger partial charge is 0.443 e. The molecule has 3 aromatic carbocycles. The van der Waals surface area contributed by atoms with Crippen LogP contribution in [0.4, 0.5) is 0 Å². The third-order valence-electron chi connectivity index (χ3n) is 3.60. The molecule has 2 nitrogen and oxygen atoms in total. The highest BCUT2D eigenvalue weighted by Crippen LogP contribution is 2.29. The van der Waals surface area contributed by atoms with Crippen molar-refractivity contribution in [3.05, 3.63) is 105 Å². The Morgan fingerprint density at radius 2 is 1.44 bits per heavy atom. The van der Waals surface area contributed by atoms with Crippen molar-refractivity contribution in [2.75, 3.05) is 0 Å². The van der Waals surface area contributed by atoms with Crippen LogP contribution in [0.5, 0.6) is 0 Å². The van der Waals surface area contributed by atoms with Gasteiger partial charge in [0, 0.05) is 20.6 Å². The van der Waals surface area contributed by atoms with Crippen LogP contribution in [0.3, 0.4) is 0 Å². The van der Waals surface area contributed by atoms with E-state index in [9.17, 15) is 4.79 Å². The zero-order valence-corrected chi connectivity index (χ0v) is 15.5. The summed E-state index contributed by atoms with van der Waals surface area (Å²) in [6.45, 7) is 0. The molecule has 0 radical (unpaired) electrons. The van der Waals surface area contributed by atoms with Crippen molar-refractivity contribution in [1.82, 2.24) is 0 Å². The van der Waals surface area contributed by atoms with Crippen LogP contribution in [0.15, 0.2) is 84.9 Å². The van der Waals surface area contributed by atoms with E-state index in [4.69, 9.17) is 4.74 Å². The number of ether oxygens (including phenoxy) is 1. The summed E-state index contributed by atoms with van der Waals surface area (Å²) in [5.41, 5.74) is 2.65. The Balaban J connectivity index is 1.87. The van der Waals surface area contributed by atoms with Gasteiger partial charge in [-0.25, -0.2) is 4.79 Å². The number of carbonyl (C=O) groups is 1. The monoisotopic (exact) mass is 438 g/mol. The van der Waals surface area contributed by atoms with Crippen molar-refractivity contribution in [3.8, 4) is 11.8 Å². The molecule has 0 saturated carbocycles. The van der Waals surface area contributed by atoms with Crippen LogP contribution in [0.1, 0.15) is 22.8 Å². The van der Waals surface area contributed by atoms with Crippen LogP contribution in [-0.4, -0.2) is 5.97 Å². The van der Waals surface area contributed by atoms with Crippen LogP contribution < -0.4 is 0 Å². The Morgan fingerprint density at radius 3 is 2.12 bits per heavy atom. The number of carbonyl (C=O) groups excluding carboxylic acids is 1. The highest BCUT2D eigenvalue weighted by molar-refractivity contribution is 14.1. The molecule has 0 aliphatic heterocycles. The van der Waals surface area contributed by atoms with E-state index in [1.807, 2.05) is 84.9 Å². The second-order valence-electron chi connectivity index (χ2n) is 5.33. The van der Waals surface area contributed by atoms with E-state index >= 15 is 0 Å². The molecule has 0 amide bonds. The van der Waals surface area contributed by atoms with Gasteiger partial charge in [0.2, 0.25) is 0 Å². The molecule has 3 rings (SSSR count). The normalized spacial score (nSPS) is 11.1. The van der Waals surface area contributed by atoms with Crippen molar-refractivity contribution in [3.63, 3.8) is 0 Å². The fraction of sp³-hybridized carbons (Fsp3) is 0.0455. The van der Waals surface area contributed by atoms with Gasteiger partial charge in [-0.3, -0.25) is 0 Å². The third kappa shape index (κ3) is 4.71. The van der Waals surface area contributed by atoms with E-state index in [0.717, 1.165) is 20.3 Å². The minimum Gasteiger partial charge on any atom is -0.443 e. The third-order valence-corrected chi connectivity index (χ3v) is 4.58. The maximum atomic E-state index is 12.3. The first-order chi connectivity index (χ1) is 12.2. The second-order valence-corrected chi connectivity index (χ2v) is 6.50. The van der Waals surface area contributed by atoms with Gasteiger partial charge in [0.1, 0.15) is 0 Å². The first-order valence-electron chi connectivity index (χ1n) is 7.81. The second kappa shape index (κ2) is 8.50. The molecule has 0 saturated heterocycles. The van der Waals surface area contributed by atoms with Gasteiger partial charge in [0.25, 0.3) is 0 Å². The summed E-state index contributed by atoms with van der Waals surface area (Å²) < 4.78 is 6.75. The molecule has 0 spiro atoms. The van der Waals surface area contributed by atoms with Crippen molar-refractivity contribution < 1.29 is 9.53 Å². The zero-order chi connectivity index (χ0) is 17.5. The molecule has 0 heterocycles. The minimum absolute atomic E-state index is 0.480. The number of halogens is 1. The first kappa shape index (κ1) is 17.2. The molecule has 3 aromatic rings.